The summed E-state index contributed by atoms with van der Waals surface area (Å²) >= 11 is 0. The third-order valence-corrected chi connectivity index (χ3v) is 12.8. The Kier molecular flexibility index (Phi) is 16.9. The minimum atomic E-state index is -0.0875. The van der Waals surface area contributed by atoms with Crippen LogP contribution in [-0.2, 0) is 0 Å². The van der Waals surface area contributed by atoms with Crippen LogP contribution in [0.25, 0.3) is 33.2 Å². The highest BCUT2D eigenvalue weighted by Crippen LogP contribution is 2.32. The third kappa shape index (κ3) is 12.9. The van der Waals surface area contributed by atoms with Gasteiger partial charge in [0.15, 0.2) is 0 Å². The van der Waals surface area contributed by atoms with Crippen molar-refractivity contribution >= 4 is 68.0 Å². The summed E-state index contributed by atoms with van der Waals surface area (Å²) < 4.78 is 1.82. The van der Waals surface area contributed by atoms with Crippen LogP contribution >= 0.6 is 0 Å². The molecule has 1 aromatic heterocycles. The number of nitrogen functional groups attached to an aromatic ring is 2. The first-order chi connectivity index (χ1) is 34.3. The molecule has 362 valence electrons. The minimum Gasteiger partial charge on any atom is -0.398 e. The number of fused-ring (bicyclic) bond motifs is 2. The number of hydrogen-bond donors (Lipinski definition) is 7. The van der Waals surface area contributed by atoms with Crippen LogP contribution in [0.4, 0.5) is 28.4 Å². The van der Waals surface area contributed by atoms with Crippen LogP contribution < -0.4 is 42.6 Å². The monoisotopic (exact) mass is 946 g/mol. The van der Waals surface area contributed by atoms with Crippen molar-refractivity contribution in [3.63, 3.8) is 0 Å². The van der Waals surface area contributed by atoms with Gasteiger partial charge in [-0.1, -0.05) is 63.0 Å². The number of amides is 2. The molecule has 7 rings (SSSR count). The zero-order valence-electron chi connectivity index (χ0n) is 41.4. The number of benzene rings is 5. The Hall–Kier alpha value is -8.35. The Labute approximate surface area is 418 Å². The summed E-state index contributed by atoms with van der Waals surface area (Å²) in [5, 5.41) is 16.1. The summed E-state index contributed by atoms with van der Waals surface area (Å²) in [5.74, 6) is -0.175. The number of carbonyl (C=O) groups excluding carboxylic acids is 2. The number of allylic oxidation sites excluding steroid dienone is 4. The van der Waals surface area contributed by atoms with E-state index in [1.165, 1.54) is 0 Å². The van der Waals surface area contributed by atoms with Crippen LogP contribution in [0.2, 0.25) is 0 Å². The molecule has 0 fully saturated rings. The molecule has 71 heavy (non-hydrogen) atoms. The number of nitrogens with zero attached hydrogens (tertiary/aromatic N) is 3. The molecule has 6 aromatic rings. The summed E-state index contributed by atoms with van der Waals surface area (Å²) in [4.78, 5) is 35.5. The van der Waals surface area contributed by atoms with Crippen LogP contribution in [0.5, 0.6) is 0 Å². The number of nitrogens with one attached hydrogen (secondary N) is 5. The predicted molar refractivity (Wildman–Crippen MR) is 294 cm³/mol. The molecule has 1 aliphatic carbocycles. The first kappa shape index (κ1) is 50.5. The van der Waals surface area contributed by atoms with Gasteiger partial charge < -0.3 is 38.1 Å². The van der Waals surface area contributed by atoms with Crippen molar-refractivity contribution in [2.45, 2.75) is 79.1 Å². The average molecular weight is 946 g/mol. The van der Waals surface area contributed by atoms with E-state index in [0.29, 0.717) is 47.0 Å². The highest BCUT2D eigenvalue weighted by Gasteiger charge is 2.19. The largest absolute Gasteiger partial charge is 0.398 e. The van der Waals surface area contributed by atoms with Crippen molar-refractivity contribution in [2.75, 3.05) is 48.3 Å². The zero-order chi connectivity index (χ0) is 50.4. The summed E-state index contributed by atoms with van der Waals surface area (Å²) in [6.45, 7) is 15.2. The second kappa shape index (κ2) is 23.8. The van der Waals surface area contributed by atoms with Crippen molar-refractivity contribution < 1.29 is 14.2 Å². The van der Waals surface area contributed by atoms with Crippen LogP contribution in [0, 0.1) is 45.7 Å². The number of aromatic nitrogens is 2. The van der Waals surface area contributed by atoms with Gasteiger partial charge >= 0.3 is 0 Å². The van der Waals surface area contributed by atoms with E-state index in [2.05, 4.69) is 71.2 Å². The van der Waals surface area contributed by atoms with E-state index in [9.17, 15) is 9.59 Å². The van der Waals surface area contributed by atoms with Crippen molar-refractivity contribution in [3.8, 4) is 36.1 Å². The van der Waals surface area contributed by atoms with Crippen LogP contribution in [-0.4, -0.2) is 48.7 Å². The van der Waals surface area contributed by atoms with Crippen molar-refractivity contribution in [1.82, 2.24) is 20.9 Å². The Morgan fingerprint density at radius 1 is 0.634 bits per heavy atom. The molecule has 0 bridgehead atoms. The number of rotatable bonds is 21. The molecule has 0 aliphatic heterocycles. The highest BCUT2D eigenvalue weighted by atomic mass is 16.2. The number of unbranched alkanes of at least 4 members (excludes halogenated alkanes) is 6. The van der Waals surface area contributed by atoms with E-state index >= 15 is 0 Å². The fraction of sp³-hybridized carbons (Fsp3) is 0.271. The molecule has 2 amide bonds. The number of nitrogens with two attached hydrogens (primary N) is 2. The van der Waals surface area contributed by atoms with Gasteiger partial charge in [-0.3, -0.25) is 9.59 Å². The van der Waals surface area contributed by atoms with Gasteiger partial charge in [-0.15, -0.1) is 4.57 Å². The maximum absolute atomic E-state index is 12.9. The normalized spacial score (nSPS) is 12.8. The first-order valence-corrected chi connectivity index (χ1v) is 24.4. The topological polar surface area (TPSA) is 175 Å². The first-order valence-electron chi connectivity index (χ1n) is 24.4. The molecule has 0 radical (unpaired) electrons. The maximum atomic E-state index is 12.9. The molecule has 0 atom stereocenters. The molecular weight excluding hydrogens is 881 g/mol. The highest BCUT2D eigenvalue weighted by molar-refractivity contribution is 6.13. The molecule has 0 saturated heterocycles. The maximum Gasteiger partial charge on any atom is 0.251 e. The van der Waals surface area contributed by atoms with Gasteiger partial charge in [0.1, 0.15) is 11.0 Å². The Bertz CT molecular complexity index is 3150. The van der Waals surface area contributed by atoms with Crippen LogP contribution in [0.1, 0.15) is 95.7 Å². The van der Waals surface area contributed by atoms with E-state index in [1.54, 1.807) is 6.07 Å². The van der Waals surface area contributed by atoms with E-state index < -0.39 is 0 Å². The second-order valence-electron chi connectivity index (χ2n) is 18.2. The molecule has 9 N–H and O–H groups in total. The van der Waals surface area contributed by atoms with Gasteiger partial charge in [0, 0.05) is 78.2 Å². The molecule has 12 heteroatoms. The molecule has 1 heterocycles. The molecule has 5 aromatic carbocycles. The Balaban J connectivity index is 0.752. The number of anilines is 4. The molecular formula is C59H65N10O2+. The fourth-order valence-electron chi connectivity index (χ4n) is 8.54. The summed E-state index contributed by atoms with van der Waals surface area (Å²) in [6, 6.07) is 32.1. The Morgan fingerprint density at radius 2 is 1.15 bits per heavy atom. The number of terminal acetylenes is 2. The van der Waals surface area contributed by atoms with E-state index in [0.717, 1.165) is 143 Å². The molecule has 0 unspecified atom stereocenters. The number of aliphatic imine (C=N–C) groups is 1. The minimum absolute atomic E-state index is 0.0875. The molecule has 0 spiro atoms. The SMILES string of the molecule is C#CNc1cc(N)c(C)cc1/N=C1/C=C(C)C(NCCCCCCNC(=O)c2ccc(-c3ccc(C(=O)NCCCCCCNc4cc5c(cc4C)nc4cc(C)c(N)cc4[n+]5C#C)cc3)cc2)=CC1=C. The Morgan fingerprint density at radius 3 is 1.73 bits per heavy atom. The number of carbonyl (C=O) groups is 2. The predicted octanol–water partition coefficient (Wildman–Crippen LogP) is 10.3. The number of aryl methyl sites for hydroxylation is 3. The number of hydrogen-bond acceptors (Lipinski definition) is 9. The zero-order valence-corrected chi connectivity index (χ0v) is 41.4. The smallest absolute Gasteiger partial charge is 0.251 e. The van der Waals surface area contributed by atoms with Gasteiger partial charge in [0.2, 0.25) is 17.1 Å². The second-order valence-corrected chi connectivity index (χ2v) is 18.2. The lowest BCUT2D eigenvalue weighted by molar-refractivity contribution is -0.524. The molecule has 12 nitrogen and oxygen atoms in total. The van der Waals surface area contributed by atoms with Crippen LogP contribution in [0.15, 0.2) is 125 Å². The molecule has 1 aliphatic rings. The summed E-state index contributed by atoms with van der Waals surface area (Å²) in [7, 11) is 0. The van der Waals surface area contributed by atoms with Crippen LogP contribution in [0.3, 0.4) is 0 Å². The van der Waals surface area contributed by atoms with Crippen molar-refractivity contribution in [3.05, 3.63) is 148 Å². The van der Waals surface area contributed by atoms with E-state index in [1.807, 2.05) is 97.3 Å². The standard InChI is InChI=1S/C59H64N10O2/c1-8-62-52-35-47(60)38(3)30-53(52)67-51-33-40(5)49(32-42(51)7)63-26-14-10-12-16-28-65-58(70)45-22-18-43(19-23-45)44-20-24-46(25-21-44)59(71)66-29-17-13-11-15-27-64-50-37-57-55(34-41(50)6)68-54-31-39(4)48(61)36-56(54)69(57)9-2/h1-2,18-25,30-37,62-63H,7,10-17,26-29,60H2,3-6H3,(H4,61,64,65,66,70,71)/p+1/b67-51-. The average Bonchev–Trinajstić information content (AvgIpc) is 3.36. The van der Waals surface area contributed by atoms with E-state index in [4.69, 9.17) is 34.3 Å². The lowest BCUT2D eigenvalue weighted by Gasteiger charge is -2.18. The lowest BCUT2D eigenvalue weighted by Crippen LogP contribution is -2.31. The van der Waals surface area contributed by atoms with Gasteiger partial charge in [-0.2, -0.15) is 0 Å². The lowest BCUT2D eigenvalue weighted by atomic mass is 9.99. The fourth-order valence-corrected chi connectivity index (χ4v) is 8.54. The van der Waals surface area contributed by atoms with Gasteiger partial charge in [-0.05, 0) is 159 Å². The van der Waals surface area contributed by atoms with Gasteiger partial charge in [0.05, 0.1) is 17.1 Å². The third-order valence-electron chi connectivity index (χ3n) is 12.8. The summed E-state index contributed by atoms with van der Waals surface area (Å²) in [6.07, 6.45) is 23.4. The van der Waals surface area contributed by atoms with E-state index in [-0.39, 0.29) is 11.8 Å². The quantitative estimate of drug-likeness (QED) is 0.00932. The van der Waals surface area contributed by atoms with Gasteiger partial charge in [0.25, 0.3) is 11.8 Å². The van der Waals surface area contributed by atoms with Crippen molar-refractivity contribution in [1.29, 1.82) is 0 Å². The van der Waals surface area contributed by atoms with Crippen molar-refractivity contribution in [2.24, 2.45) is 4.99 Å². The van der Waals surface area contributed by atoms with Gasteiger partial charge in [-0.25, -0.2) is 9.98 Å². The summed E-state index contributed by atoms with van der Waals surface area (Å²) in [5.41, 5.74) is 29.2. The molecule has 0 saturated carbocycles.